The van der Waals surface area contributed by atoms with Gasteiger partial charge in [0.2, 0.25) is 17.7 Å². The number of rotatable bonds is 9. The maximum atomic E-state index is 12.7. The fraction of sp³-hybridized carbons (Fsp3) is 0.519. The van der Waals surface area contributed by atoms with Gasteiger partial charge in [-0.25, -0.2) is 4.98 Å². The highest BCUT2D eigenvalue weighted by Gasteiger charge is 2.35. The van der Waals surface area contributed by atoms with Gasteiger partial charge in [0.15, 0.2) is 0 Å². The third kappa shape index (κ3) is 10.3. The van der Waals surface area contributed by atoms with Crippen LogP contribution in [0.15, 0.2) is 29.8 Å². The molecule has 3 amide bonds. The first kappa shape index (κ1) is 30.0. The molecule has 202 valence electrons. The quantitative estimate of drug-likeness (QED) is 0.449. The molecule has 1 aliphatic rings. The fourth-order valence-corrected chi connectivity index (χ4v) is 4.78. The van der Waals surface area contributed by atoms with Crippen LogP contribution in [0, 0.1) is 12.3 Å². The van der Waals surface area contributed by atoms with Crippen LogP contribution in [0.1, 0.15) is 70.6 Å². The monoisotopic (exact) mass is 530 g/mol. The number of aryl methyl sites for hydroxylation is 1. The predicted octanol–water partition coefficient (Wildman–Crippen LogP) is 3.89. The second-order valence-electron chi connectivity index (χ2n) is 10.4. The van der Waals surface area contributed by atoms with Crippen LogP contribution in [0.2, 0.25) is 0 Å². The predicted molar refractivity (Wildman–Crippen MR) is 144 cm³/mol. The maximum absolute atomic E-state index is 12.7. The van der Waals surface area contributed by atoms with Gasteiger partial charge in [-0.05, 0) is 42.7 Å². The third-order valence-electron chi connectivity index (χ3n) is 5.80. The zero-order valence-electron chi connectivity index (χ0n) is 22.1. The molecular formula is C27H38N4O5S. The van der Waals surface area contributed by atoms with E-state index < -0.39 is 11.9 Å². The number of hydrogen-bond donors (Lipinski definition) is 3. The molecule has 2 aromatic rings. The second-order valence-corrected chi connectivity index (χ2v) is 11.2. The number of primary amides is 1. The Morgan fingerprint density at radius 1 is 1.16 bits per heavy atom. The van der Waals surface area contributed by atoms with Crippen LogP contribution in [0.4, 0.5) is 0 Å². The van der Waals surface area contributed by atoms with Crippen molar-refractivity contribution in [1.82, 2.24) is 15.2 Å². The van der Waals surface area contributed by atoms with Crippen LogP contribution in [-0.4, -0.2) is 51.3 Å². The van der Waals surface area contributed by atoms with Gasteiger partial charge >= 0.3 is 5.97 Å². The number of likely N-dealkylation sites (tertiary alicyclic amines) is 1. The SMILES string of the molecule is Cc1ncsc1-c1ccc(CNC(=O)C2CCCN2C(=O)CC(C)(C)C)cc1.NC(=O)CCCC(=O)O. The van der Waals surface area contributed by atoms with Crippen molar-refractivity contribution >= 4 is 35.0 Å². The Labute approximate surface area is 222 Å². The van der Waals surface area contributed by atoms with Crippen molar-refractivity contribution in [1.29, 1.82) is 0 Å². The number of carboxylic acids is 1. The van der Waals surface area contributed by atoms with Gasteiger partial charge < -0.3 is 21.1 Å². The molecule has 0 saturated carbocycles. The van der Waals surface area contributed by atoms with Gasteiger partial charge in [-0.1, -0.05) is 45.0 Å². The lowest BCUT2D eigenvalue weighted by molar-refractivity contribution is -0.139. The Morgan fingerprint density at radius 2 is 1.84 bits per heavy atom. The molecule has 1 saturated heterocycles. The number of nitrogens with one attached hydrogen (secondary N) is 1. The molecule has 9 nitrogen and oxygen atoms in total. The molecule has 1 fully saturated rings. The summed E-state index contributed by atoms with van der Waals surface area (Å²) < 4.78 is 0. The lowest BCUT2D eigenvalue weighted by atomic mass is 9.91. The molecule has 1 aromatic heterocycles. The van der Waals surface area contributed by atoms with E-state index in [1.807, 2.05) is 45.3 Å². The molecule has 1 unspecified atom stereocenters. The molecule has 10 heteroatoms. The second kappa shape index (κ2) is 13.9. The number of carbonyl (C=O) groups is 4. The average Bonchev–Trinajstić information content (AvgIpc) is 3.46. The number of aromatic nitrogens is 1. The van der Waals surface area contributed by atoms with Gasteiger partial charge in [0.25, 0.3) is 0 Å². The molecule has 0 aliphatic carbocycles. The number of hydrogen-bond acceptors (Lipinski definition) is 6. The number of thiazole rings is 1. The minimum atomic E-state index is -0.892. The molecule has 0 spiro atoms. The highest BCUT2D eigenvalue weighted by atomic mass is 32.1. The fourth-order valence-electron chi connectivity index (χ4n) is 3.97. The zero-order valence-corrected chi connectivity index (χ0v) is 22.9. The highest BCUT2D eigenvalue weighted by molar-refractivity contribution is 7.13. The van der Waals surface area contributed by atoms with Crippen molar-refractivity contribution in [2.45, 2.75) is 78.8 Å². The smallest absolute Gasteiger partial charge is 0.303 e. The molecule has 4 N–H and O–H groups in total. The number of nitrogens with two attached hydrogens (primary N) is 1. The molecular weight excluding hydrogens is 492 g/mol. The first-order chi connectivity index (χ1) is 17.4. The largest absolute Gasteiger partial charge is 0.481 e. The molecule has 0 bridgehead atoms. The first-order valence-electron chi connectivity index (χ1n) is 12.4. The molecule has 1 atom stereocenters. The first-order valence-corrected chi connectivity index (χ1v) is 13.3. The van der Waals surface area contributed by atoms with Crippen molar-refractivity contribution in [3.8, 4) is 10.4 Å². The van der Waals surface area contributed by atoms with E-state index in [0.717, 1.165) is 29.7 Å². The van der Waals surface area contributed by atoms with E-state index in [9.17, 15) is 19.2 Å². The number of nitrogens with zero attached hydrogens (tertiary/aromatic N) is 2. The summed E-state index contributed by atoms with van der Waals surface area (Å²) in [6, 6.07) is 7.86. The summed E-state index contributed by atoms with van der Waals surface area (Å²) in [6.45, 7) is 9.30. The lowest BCUT2D eigenvalue weighted by Gasteiger charge is -2.27. The highest BCUT2D eigenvalue weighted by Crippen LogP contribution is 2.27. The summed E-state index contributed by atoms with van der Waals surface area (Å²) in [7, 11) is 0. The van der Waals surface area contributed by atoms with E-state index in [1.165, 1.54) is 4.88 Å². The summed E-state index contributed by atoms with van der Waals surface area (Å²) in [5.41, 5.74) is 9.75. The third-order valence-corrected chi connectivity index (χ3v) is 6.78. The van der Waals surface area contributed by atoms with E-state index in [2.05, 4.69) is 22.4 Å². The number of benzene rings is 1. The van der Waals surface area contributed by atoms with Gasteiger partial charge in [-0.15, -0.1) is 11.3 Å². The zero-order chi connectivity index (χ0) is 27.6. The minimum absolute atomic E-state index is 0.0168. The van der Waals surface area contributed by atoms with Gasteiger partial charge in [0, 0.05) is 32.4 Å². The van der Waals surface area contributed by atoms with Gasteiger partial charge in [-0.2, -0.15) is 0 Å². The number of carboxylic acid groups (broad SMARTS) is 1. The van der Waals surface area contributed by atoms with Crippen molar-refractivity contribution < 1.29 is 24.3 Å². The van der Waals surface area contributed by atoms with Crippen LogP contribution in [0.3, 0.4) is 0 Å². The topological polar surface area (TPSA) is 143 Å². The maximum Gasteiger partial charge on any atom is 0.303 e. The number of aliphatic carboxylic acids is 1. The van der Waals surface area contributed by atoms with Crippen LogP contribution in [0.5, 0.6) is 0 Å². The van der Waals surface area contributed by atoms with E-state index in [0.29, 0.717) is 25.9 Å². The number of carbonyl (C=O) groups excluding carboxylic acids is 3. The normalized spacial score (nSPS) is 15.0. The van der Waals surface area contributed by atoms with Crippen LogP contribution in [0.25, 0.3) is 10.4 Å². The van der Waals surface area contributed by atoms with Crippen molar-refractivity contribution in [3.63, 3.8) is 0 Å². The molecule has 3 rings (SSSR count). The lowest BCUT2D eigenvalue weighted by Crippen LogP contribution is -2.46. The molecule has 0 radical (unpaired) electrons. The Hall–Kier alpha value is -3.27. The summed E-state index contributed by atoms with van der Waals surface area (Å²) in [6.07, 6.45) is 2.61. The van der Waals surface area contributed by atoms with Crippen molar-refractivity contribution in [2.75, 3.05) is 6.54 Å². The standard InChI is InChI=1S/C22H29N3O2S.C5H9NO3/c1-15-20(28-14-24-15)17-9-7-16(8-10-17)13-23-21(27)18-6-5-11-25(18)19(26)12-22(2,3)4;6-4(7)2-1-3-5(8)9/h7-10,14,18H,5-6,11-13H2,1-4H3,(H,23,27);1-3H2,(H2,6,7)(H,8,9). The minimum Gasteiger partial charge on any atom is -0.481 e. The van der Waals surface area contributed by atoms with E-state index in [-0.39, 0.29) is 36.1 Å². The molecule has 2 heterocycles. The summed E-state index contributed by atoms with van der Waals surface area (Å²) >= 11 is 1.63. The molecule has 1 aliphatic heterocycles. The van der Waals surface area contributed by atoms with Crippen molar-refractivity contribution in [3.05, 3.63) is 41.0 Å². The number of amides is 3. The Morgan fingerprint density at radius 3 is 2.38 bits per heavy atom. The van der Waals surface area contributed by atoms with E-state index in [1.54, 1.807) is 16.2 Å². The van der Waals surface area contributed by atoms with Crippen LogP contribution in [-0.2, 0) is 25.7 Å². The van der Waals surface area contributed by atoms with Gasteiger partial charge in [0.05, 0.1) is 16.1 Å². The molecule has 1 aromatic carbocycles. The van der Waals surface area contributed by atoms with Gasteiger partial charge in [-0.3, -0.25) is 19.2 Å². The van der Waals surface area contributed by atoms with E-state index in [4.69, 9.17) is 10.8 Å². The van der Waals surface area contributed by atoms with Crippen LogP contribution >= 0.6 is 11.3 Å². The summed E-state index contributed by atoms with van der Waals surface area (Å²) in [5, 5.41) is 11.1. The van der Waals surface area contributed by atoms with Crippen molar-refractivity contribution in [2.24, 2.45) is 11.1 Å². The summed E-state index contributed by atoms with van der Waals surface area (Å²) in [5.74, 6) is -1.32. The average molecular weight is 531 g/mol. The Bertz CT molecular complexity index is 1060. The van der Waals surface area contributed by atoms with Gasteiger partial charge in [0.1, 0.15) is 6.04 Å². The Balaban J connectivity index is 0.000000458. The molecule has 37 heavy (non-hydrogen) atoms. The summed E-state index contributed by atoms with van der Waals surface area (Å²) in [4.78, 5) is 52.3. The van der Waals surface area contributed by atoms with Crippen LogP contribution < -0.4 is 11.1 Å². The Kier molecular flexibility index (Phi) is 11.2. The van der Waals surface area contributed by atoms with E-state index >= 15 is 0 Å².